The van der Waals surface area contributed by atoms with Crippen molar-refractivity contribution in [2.75, 3.05) is 7.11 Å². The van der Waals surface area contributed by atoms with E-state index in [-0.39, 0.29) is 0 Å². The highest BCUT2D eigenvalue weighted by molar-refractivity contribution is 8.12. The van der Waals surface area contributed by atoms with Crippen LogP contribution in [0.5, 0.6) is 0 Å². The first-order valence-corrected chi connectivity index (χ1v) is 7.91. The average Bonchev–Trinajstić information content (AvgIpc) is 2.94. The molecule has 0 bridgehead atoms. The molecule has 2 aromatic rings. The molecular formula is C14H19N3O3S. The van der Waals surface area contributed by atoms with E-state index in [0.29, 0.717) is 5.75 Å². The fourth-order valence-corrected chi connectivity index (χ4v) is 3.21. The Hall–Kier alpha value is -1.86. The maximum absolute atomic E-state index is 11.2. The summed E-state index contributed by atoms with van der Waals surface area (Å²) in [6.45, 7) is 3.17. The van der Waals surface area contributed by atoms with E-state index in [1.54, 1.807) is 27.2 Å². The fraction of sp³-hybridized carbons (Fsp3) is 0.357. The first-order chi connectivity index (χ1) is 9.95. The van der Waals surface area contributed by atoms with Crippen LogP contribution < -0.4 is 0 Å². The molecule has 1 atom stereocenters. The molecule has 0 fully saturated rings. The number of hydrogen-bond acceptors (Lipinski definition) is 4. The zero-order valence-corrected chi connectivity index (χ0v) is 13.1. The zero-order valence-electron chi connectivity index (χ0n) is 12.2. The second-order valence-electron chi connectivity index (χ2n) is 5.07. The molecule has 0 radical (unpaired) electrons. The quantitative estimate of drug-likeness (QED) is 0.800. The van der Waals surface area contributed by atoms with Crippen LogP contribution in [0.4, 0.5) is 0 Å². The molecule has 0 amide bonds. The van der Waals surface area contributed by atoms with Gasteiger partial charge in [0.15, 0.2) is 5.54 Å². The molecule has 7 heteroatoms. The molecule has 21 heavy (non-hydrogen) atoms. The molecule has 0 aliphatic carbocycles. The summed E-state index contributed by atoms with van der Waals surface area (Å²) in [6.07, 6.45) is 1.67. The minimum Gasteiger partial charge on any atom is -0.479 e. The van der Waals surface area contributed by atoms with Gasteiger partial charge >= 0.3 is 5.97 Å². The van der Waals surface area contributed by atoms with E-state index in [2.05, 4.69) is 10.3 Å². The number of hydrogen-bond donors (Lipinski definition) is 2. The number of benzene rings is 1. The predicted molar refractivity (Wildman–Crippen MR) is 81.4 cm³/mol. The van der Waals surface area contributed by atoms with Crippen molar-refractivity contribution in [3.8, 4) is 0 Å². The molecule has 0 saturated carbocycles. The van der Waals surface area contributed by atoms with E-state index in [0.717, 1.165) is 10.6 Å². The molecule has 1 heterocycles. The average molecular weight is 309 g/mol. The van der Waals surface area contributed by atoms with Crippen LogP contribution >= 0.6 is 11.2 Å². The fourth-order valence-electron chi connectivity index (χ4n) is 1.74. The van der Waals surface area contributed by atoms with Gasteiger partial charge in [-0.05, 0) is 26.0 Å². The summed E-state index contributed by atoms with van der Waals surface area (Å²) < 4.78 is 6.93. The molecule has 0 aliphatic heterocycles. The van der Waals surface area contributed by atoms with Gasteiger partial charge in [0.2, 0.25) is 0 Å². The van der Waals surface area contributed by atoms with E-state index in [1.165, 1.54) is 4.68 Å². The molecule has 2 rings (SSSR count). The number of aliphatic carboxylic acids is 1. The van der Waals surface area contributed by atoms with Gasteiger partial charge in [-0.25, -0.2) is 9.48 Å². The summed E-state index contributed by atoms with van der Waals surface area (Å²) in [5, 5.41) is 17.2. The van der Waals surface area contributed by atoms with Gasteiger partial charge in [-0.15, -0.1) is 16.3 Å². The Kier molecular flexibility index (Phi) is 4.64. The van der Waals surface area contributed by atoms with Crippen LogP contribution in [-0.2, 0) is 20.3 Å². The van der Waals surface area contributed by atoms with E-state index in [9.17, 15) is 9.90 Å². The van der Waals surface area contributed by atoms with Crippen molar-refractivity contribution in [2.24, 2.45) is 0 Å². The monoisotopic (exact) mass is 309 g/mol. The molecule has 1 aromatic heterocycles. The molecule has 6 nitrogen and oxygen atoms in total. The largest absolute Gasteiger partial charge is 0.479 e. The molecule has 114 valence electrons. The number of nitrogens with zero attached hydrogens (tertiary/aromatic N) is 3. The highest BCUT2D eigenvalue weighted by Crippen LogP contribution is 2.39. The van der Waals surface area contributed by atoms with Crippen molar-refractivity contribution in [1.82, 2.24) is 15.0 Å². The topological polar surface area (TPSA) is 77.2 Å². The summed E-state index contributed by atoms with van der Waals surface area (Å²) in [7, 11) is 1.67. The van der Waals surface area contributed by atoms with Crippen molar-refractivity contribution in [3.05, 3.63) is 42.2 Å². The number of thiol groups is 1. The summed E-state index contributed by atoms with van der Waals surface area (Å²) in [5.74, 6) is -0.345. The zero-order chi connectivity index (χ0) is 15.5. The first-order valence-electron chi connectivity index (χ1n) is 6.47. The van der Waals surface area contributed by atoms with Crippen molar-refractivity contribution < 1.29 is 14.1 Å². The van der Waals surface area contributed by atoms with Crippen molar-refractivity contribution in [3.63, 3.8) is 0 Å². The summed E-state index contributed by atoms with van der Waals surface area (Å²) >= 11 is -0.831. The van der Waals surface area contributed by atoms with Gasteiger partial charge in [-0.3, -0.25) is 0 Å². The smallest absolute Gasteiger partial charge is 0.331 e. The Morgan fingerprint density at radius 2 is 2.05 bits per heavy atom. The number of carboxylic acid groups (broad SMARTS) is 1. The van der Waals surface area contributed by atoms with Crippen molar-refractivity contribution in [1.29, 1.82) is 0 Å². The van der Waals surface area contributed by atoms with Crippen LogP contribution in [0.3, 0.4) is 0 Å². The van der Waals surface area contributed by atoms with Gasteiger partial charge in [0.05, 0.1) is 11.9 Å². The third-order valence-electron chi connectivity index (χ3n) is 3.21. The summed E-state index contributed by atoms with van der Waals surface area (Å²) in [4.78, 5) is 12.3. The molecule has 1 aromatic carbocycles. The molecule has 1 unspecified atom stereocenters. The Morgan fingerprint density at radius 1 is 1.38 bits per heavy atom. The van der Waals surface area contributed by atoms with Crippen LogP contribution in [0.25, 0.3) is 0 Å². The Labute approximate surface area is 126 Å². The lowest BCUT2D eigenvalue weighted by Crippen LogP contribution is -2.36. The third kappa shape index (κ3) is 3.43. The van der Waals surface area contributed by atoms with Gasteiger partial charge < -0.3 is 9.29 Å². The van der Waals surface area contributed by atoms with Gasteiger partial charge in [0.1, 0.15) is 0 Å². The van der Waals surface area contributed by atoms with Crippen LogP contribution in [0.1, 0.15) is 19.5 Å². The third-order valence-corrected chi connectivity index (χ3v) is 5.13. The highest BCUT2D eigenvalue weighted by Gasteiger charge is 2.30. The molecule has 0 saturated heterocycles. The standard InChI is InChI=1S/C14H19N3O3S/c1-14(2,13(18)19)17-9-11(15-16-17)10-21(20-3)12-7-5-4-6-8-12/h4-9,21H,10H2,1-3H3,(H,18,19). The number of carboxylic acids is 1. The summed E-state index contributed by atoms with van der Waals surface area (Å²) in [5.41, 5.74) is -0.394. The van der Waals surface area contributed by atoms with Gasteiger partial charge in [-0.2, -0.15) is 0 Å². The predicted octanol–water partition coefficient (Wildman–Crippen LogP) is 2.22. The maximum Gasteiger partial charge on any atom is 0.331 e. The number of carbonyl (C=O) groups is 1. The normalized spacial score (nSPS) is 14.0. The van der Waals surface area contributed by atoms with E-state index in [4.69, 9.17) is 4.18 Å². The SMILES string of the molecule is CO[SH](Cc1cn(C(C)(C)C(=O)O)nn1)c1ccccc1. The Morgan fingerprint density at radius 3 is 2.62 bits per heavy atom. The maximum atomic E-state index is 11.2. The lowest BCUT2D eigenvalue weighted by molar-refractivity contribution is -0.146. The van der Waals surface area contributed by atoms with Gasteiger partial charge in [0, 0.05) is 17.8 Å². The number of rotatable bonds is 6. The van der Waals surface area contributed by atoms with Crippen molar-refractivity contribution >= 4 is 17.1 Å². The lowest BCUT2D eigenvalue weighted by Gasteiger charge is -2.19. The Balaban J connectivity index is 2.17. The minimum atomic E-state index is -1.12. The molecule has 1 N–H and O–H groups in total. The lowest BCUT2D eigenvalue weighted by atomic mass is 10.1. The minimum absolute atomic E-state index is 0.603. The van der Waals surface area contributed by atoms with E-state index >= 15 is 0 Å². The van der Waals surface area contributed by atoms with E-state index < -0.39 is 22.7 Å². The van der Waals surface area contributed by atoms with Crippen LogP contribution in [0, 0.1) is 0 Å². The van der Waals surface area contributed by atoms with Crippen LogP contribution in [-0.4, -0.2) is 33.2 Å². The summed E-state index contributed by atoms with van der Waals surface area (Å²) in [6, 6.07) is 9.92. The van der Waals surface area contributed by atoms with Crippen molar-refractivity contribution in [2.45, 2.75) is 30.0 Å². The second-order valence-corrected chi connectivity index (χ2v) is 7.03. The van der Waals surface area contributed by atoms with Crippen LogP contribution in [0.2, 0.25) is 0 Å². The highest BCUT2D eigenvalue weighted by atomic mass is 32.2. The first kappa shape index (κ1) is 15.5. The van der Waals surface area contributed by atoms with Crippen LogP contribution in [0.15, 0.2) is 41.4 Å². The Bertz CT molecular complexity index is 613. The molecule has 0 aliphatic rings. The van der Waals surface area contributed by atoms with E-state index in [1.807, 2.05) is 30.3 Å². The molecule has 0 spiro atoms. The number of aromatic nitrogens is 3. The van der Waals surface area contributed by atoms with Gasteiger partial charge in [0.25, 0.3) is 0 Å². The van der Waals surface area contributed by atoms with Gasteiger partial charge in [-0.1, -0.05) is 23.4 Å². The molecular weight excluding hydrogens is 290 g/mol. The second kappa shape index (κ2) is 6.28.